The van der Waals surface area contributed by atoms with Gasteiger partial charge in [0, 0.05) is 18.8 Å². The first-order valence-corrected chi connectivity index (χ1v) is 4.29. The summed E-state index contributed by atoms with van der Waals surface area (Å²) in [4.78, 5) is 11.1. The molecule has 0 bridgehead atoms. The third-order valence-corrected chi connectivity index (χ3v) is 1.88. The van der Waals surface area contributed by atoms with Crippen molar-refractivity contribution in [2.75, 3.05) is 7.11 Å². The second kappa shape index (κ2) is 4.42. The van der Waals surface area contributed by atoms with Crippen LogP contribution in [-0.4, -0.2) is 22.9 Å². The number of nitriles is 1. The smallest absolute Gasteiger partial charge is 0.348 e. The molecule has 5 heteroatoms. The van der Waals surface area contributed by atoms with Gasteiger partial charge in [-0.1, -0.05) is 0 Å². The van der Waals surface area contributed by atoms with Gasteiger partial charge in [-0.3, -0.25) is 4.68 Å². The molecule has 0 saturated carbocycles. The monoisotopic (exact) mass is 205 g/mol. The maximum atomic E-state index is 11.1. The Balaban J connectivity index is 3.10. The van der Waals surface area contributed by atoms with Gasteiger partial charge in [-0.05, 0) is 13.0 Å². The second-order valence-corrected chi connectivity index (χ2v) is 3.00. The molecule has 1 aromatic heterocycles. The first kappa shape index (κ1) is 11.0. The Morgan fingerprint density at radius 3 is 2.80 bits per heavy atom. The first-order valence-electron chi connectivity index (χ1n) is 4.29. The number of hydrogen-bond acceptors (Lipinski definition) is 4. The van der Waals surface area contributed by atoms with E-state index in [9.17, 15) is 4.79 Å². The average Bonchev–Trinajstić information content (AvgIpc) is 2.52. The van der Waals surface area contributed by atoms with E-state index in [4.69, 9.17) is 5.26 Å². The minimum Gasteiger partial charge on any atom is -0.465 e. The van der Waals surface area contributed by atoms with Crippen molar-refractivity contribution in [3.05, 3.63) is 23.0 Å². The van der Waals surface area contributed by atoms with E-state index in [1.165, 1.54) is 13.2 Å². The molecular weight excluding hydrogens is 194 g/mol. The molecule has 0 saturated heterocycles. The number of methoxy groups -OCH3 is 1. The zero-order chi connectivity index (χ0) is 11.4. The van der Waals surface area contributed by atoms with Gasteiger partial charge in [-0.25, -0.2) is 4.79 Å². The van der Waals surface area contributed by atoms with Crippen LogP contribution in [0.5, 0.6) is 0 Å². The number of esters is 1. The highest BCUT2D eigenvalue weighted by Crippen LogP contribution is 2.10. The van der Waals surface area contributed by atoms with Gasteiger partial charge in [-0.2, -0.15) is 10.4 Å². The van der Waals surface area contributed by atoms with Crippen LogP contribution in [0.15, 0.2) is 11.8 Å². The van der Waals surface area contributed by atoms with Gasteiger partial charge in [0.1, 0.15) is 11.6 Å². The van der Waals surface area contributed by atoms with Crippen molar-refractivity contribution in [1.82, 2.24) is 9.78 Å². The fourth-order valence-corrected chi connectivity index (χ4v) is 1.16. The lowest BCUT2D eigenvalue weighted by molar-refractivity contribution is -0.135. The lowest BCUT2D eigenvalue weighted by Crippen LogP contribution is -2.02. The number of rotatable bonds is 2. The number of hydrogen-bond donors (Lipinski definition) is 0. The summed E-state index contributed by atoms with van der Waals surface area (Å²) in [6.07, 6.45) is 3.20. The van der Waals surface area contributed by atoms with E-state index in [1.54, 1.807) is 30.9 Å². The van der Waals surface area contributed by atoms with Crippen LogP contribution >= 0.6 is 0 Å². The Bertz CT molecular complexity index is 452. The highest BCUT2D eigenvalue weighted by Gasteiger charge is 2.10. The molecule has 0 fully saturated rings. The molecule has 0 radical (unpaired) electrons. The number of carbonyl (C=O) groups is 1. The zero-order valence-electron chi connectivity index (χ0n) is 8.81. The molecule has 0 atom stereocenters. The summed E-state index contributed by atoms with van der Waals surface area (Å²) in [5, 5.41) is 12.8. The predicted molar refractivity (Wildman–Crippen MR) is 53.6 cm³/mol. The fourth-order valence-electron chi connectivity index (χ4n) is 1.16. The van der Waals surface area contributed by atoms with Gasteiger partial charge in [0.2, 0.25) is 0 Å². The number of carbonyl (C=O) groups excluding carboxylic acids is 1. The summed E-state index contributed by atoms with van der Waals surface area (Å²) in [5.74, 6) is -0.638. The Kier molecular flexibility index (Phi) is 3.24. The van der Waals surface area contributed by atoms with Crippen molar-refractivity contribution in [3.63, 3.8) is 0 Å². The van der Waals surface area contributed by atoms with Crippen LogP contribution in [0, 0.1) is 18.3 Å². The van der Waals surface area contributed by atoms with Crippen molar-refractivity contribution < 1.29 is 9.53 Å². The molecule has 1 rings (SSSR count). The largest absolute Gasteiger partial charge is 0.465 e. The van der Waals surface area contributed by atoms with Crippen molar-refractivity contribution in [2.24, 2.45) is 7.05 Å². The van der Waals surface area contributed by atoms with E-state index < -0.39 is 5.97 Å². The summed E-state index contributed by atoms with van der Waals surface area (Å²) in [5.41, 5.74) is 1.46. The number of aromatic nitrogens is 2. The van der Waals surface area contributed by atoms with Crippen LogP contribution in [0.2, 0.25) is 0 Å². The SMILES string of the molecule is COC(=O)/C(C#N)=C/c1cn(C)nc1C. The lowest BCUT2D eigenvalue weighted by atomic mass is 10.2. The van der Waals surface area contributed by atoms with E-state index in [0.29, 0.717) is 0 Å². The molecule has 1 heterocycles. The molecule has 0 N–H and O–H groups in total. The van der Waals surface area contributed by atoms with E-state index in [2.05, 4.69) is 9.84 Å². The van der Waals surface area contributed by atoms with Crippen LogP contribution in [0.25, 0.3) is 6.08 Å². The molecule has 1 aromatic rings. The van der Waals surface area contributed by atoms with Crippen LogP contribution in [0.1, 0.15) is 11.3 Å². The van der Waals surface area contributed by atoms with Gasteiger partial charge in [0.05, 0.1) is 12.8 Å². The van der Waals surface area contributed by atoms with Crippen LogP contribution in [-0.2, 0) is 16.6 Å². The minimum absolute atomic E-state index is 0.0337. The molecule has 0 aliphatic carbocycles. The van der Waals surface area contributed by atoms with E-state index in [1.807, 2.05) is 0 Å². The van der Waals surface area contributed by atoms with Crippen molar-refractivity contribution in [2.45, 2.75) is 6.92 Å². The van der Waals surface area contributed by atoms with Gasteiger partial charge in [0.15, 0.2) is 0 Å². The Morgan fingerprint density at radius 2 is 2.40 bits per heavy atom. The van der Waals surface area contributed by atoms with E-state index >= 15 is 0 Å². The maximum Gasteiger partial charge on any atom is 0.348 e. The number of nitrogens with zero attached hydrogens (tertiary/aromatic N) is 3. The zero-order valence-corrected chi connectivity index (χ0v) is 8.81. The van der Waals surface area contributed by atoms with Gasteiger partial charge < -0.3 is 4.74 Å². The quantitative estimate of drug-likeness (QED) is 0.407. The highest BCUT2D eigenvalue weighted by atomic mass is 16.5. The normalized spacial score (nSPS) is 10.9. The minimum atomic E-state index is -0.638. The van der Waals surface area contributed by atoms with Gasteiger partial charge in [0.25, 0.3) is 0 Å². The predicted octanol–water partition coefficient (Wildman–Crippen LogP) is 0.808. The highest BCUT2D eigenvalue weighted by molar-refractivity contribution is 5.97. The van der Waals surface area contributed by atoms with Crippen molar-refractivity contribution >= 4 is 12.0 Å². The molecule has 0 amide bonds. The molecule has 0 unspecified atom stereocenters. The van der Waals surface area contributed by atoms with Crippen molar-refractivity contribution in [1.29, 1.82) is 5.26 Å². The molecule has 0 aliphatic heterocycles. The third-order valence-electron chi connectivity index (χ3n) is 1.88. The summed E-state index contributed by atoms with van der Waals surface area (Å²) in [7, 11) is 3.01. The first-order chi connectivity index (χ1) is 7.08. The molecule has 0 aromatic carbocycles. The summed E-state index contributed by atoms with van der Waals surface area (Å²) >= 11 is 0. The Hall–Kier alpha value is -2.09. The topological polar surface area (TPSA) is 67.9 Å². The fraction of sp³-hybridized carbons (Fsp3) is 0.300. The molecule has 78 valence electrons. The average molecular weight is 205 g/mol. The van der Waals surface area contributed by atoms with E-state index in [0.717, 1.165) is 11.3 Å². The Morgan fingerprint density at radius 1 is 1.73 bits per heavy atom. The molecular formula is C10H11N3O2. The molecule has 15 heavy (non-hydrogen) atoms. The third kappa shape index (κ3) is 2.44. The summed E-state index contributed by atoms with van der Waals surface area (Å²) < 4.78 is 6.08. The maximum absolute atomic E-state index is 11.1. The summed E-state index contributed by atoms with van der Waals surface area (Å²) in [6, 6.07) is 1.79. The number of ether oxygens (including phenoxy) is 1. The van der Waals surface area contributed by atoms with Gasteiger partial charge in [-0.15, -0.1) is 0 Å². The van der Waals surface area contributed by atoms with Crippen LogP contribution in [0.3, 0.4) is 0 Å². The van der Waals surface area contributed by atoms with Crippen molar-refractivity contribution in [3.8, 4) is 6.07 Å². The molecule has 5 nitrogen and oxygen atoms in total. The van der Waals surface area contributed by atoms with Crippen LogP contribution < -0.4 is 0 Å². The van der Waals surface area contributed by atoms with Crippen LogP contribution in [0.4, 0.5) is 0 Å². The standard InChI is InChI=1S/C10H11N3O2/c1-7-9(6-13(2)12-7)4-8(5-11)10(14)15-3/h4,6H,1-3H3/b8-4+. The Labute approximate surface area is 87.6 Å². The van der Waals surface area contributed by atoms with E-state index in [-0.39, 0.29) is 5.57 Å². The van der Waals surface area contributed by atoms with Gasteiger partial charge >= 0.3 is 5.97 Å². The summed E-state index contributed by atoms with van der Waals surface area (Å²) in [6.45, 7) is 1.80. The second-order valence-electron chi connectivity index (χ2n) is 3.00. The lowest BCUT2D eigenvalue weighted by Gasteiger charge is -1.94. The number of aryl methyl sites for hydroxylation is 2. The molecule has 0 aliphatic rings. The molecule has 0 spiro atoms.